The van der Waals surface area contributed by atoms with Crippen molar-refractivity contribution in [3.8, 4) is 10.7 Å². The van der Waals surface area contributed by atoms with Crippen molar-refractivity contribution >= 4 is 11.3 Å². The molecule has 0 bridgehead atoms. The molecule has 3 N–H and O–H groups in total. The summed E-state index contributed by atoms with van der Waals surface area (Å²) in [6, 6.07) is 5.84. The Morgan fingerprint density at radius 3 is 3.05 bits per heavy atom. The number of hydrogen-bond acceptors (Lipinski definition) is 6. The molecule has 0 saturated carbocycles. The zero-order valence-electron chi connectivity index (χ0n) is 11.1. The first-order valence-corrected chi connectivity index (χ1v) is 7.60. The molecule has 0 aromatic carbocycles. The number of nitrogens with one attached hydrogen (secondary N) is 2. The number of hydrogen-bond donors (Lipinski definition) is 3. The van der Waals surface area contributed by atoms with Crippen molar-refractivity contribution in [3.63, 3.8) is 0 Å². The van der Waals surface area contributed by atoms with Gasteiger partial charge in [-0.3, -0.25) is 4.98 Å². The van der Waals surface area contributed by atoms with Crippen LogP contribution in [0.2, 0.25) is 0 Å². The molecule has 1 aliphatic rings. The van der Waals surface area contributed by atoms with Crippen LogP contribution in [-0.2, 0) is 6.54 Å². The van der Waals surface area contributed by atoms with E-state index in [1.165, 1.54) is 4.88 Å². The molecule has 106 valence electrons. The van der Waals surface area contributed by atoms with E-state index in [-0.39, 0.29) is 6.10 Å². The van der Waals surface area contributed by atoms with E-state index in [2.05, 4.69) is 20.6 Å². The highest BCUT2D eigenvalue weighted by Crippen LogP contribution is 2.22. The maximum atomic E-state index is 9.72. The summed E-state index contributed by atoms with van der Waals surface area (Å²) in [5.74, 6) is 0.304. The lowest BCUT2D eigenvalue weighted by Crippen LogP contribution is -2.29. The Kier molecular flexibility index (Phi) is 4.37. The van der Waals surface area contributed by atoms with Crippen LogP contribution in [0.4, 0.5) is 0 Å². The van der Waals surface area contributed by atoms with Gasteiger partial charge in [0.05, 0.1) is 11.8 Å². The van der Waals surface area contributed by atoms with Crippen LogP contribution in [0, 0.1) is 5.92 Å². The number of aliphatic hydroxyl groups is 1. The average Bonchev–Trinajstić information content (AvgIpc) is 3.10. The monoisotopic (exact) mass is 290 g/mol. The van der Waals surface area contributed by atoms with Crippen molar-refractivity contribution in [3.05, 3.63) is 35.5 Å². The fourth-order valence-electron chi connectivity index (χ4n) is 2.31. The Bertz CT molecular complexity index is 545. The Morgan fingerprint density at radius 1 is 1.35 bits per heavy atom. The molecule has 6 heteroatoms. The van der Waals surface area contributed by atoms with Crippen molar-refractivity contribution < 1.29 is 5.11 Å². The van der Waals surface area contributed by atoms with Gasteiger partial charge in [0.25, 0.3) is 0 Å². The SMILES string of the molecule is OC1CNCC1CNCc1cnc(-c2ccccn2)s1. The van der Waals surface area contributed by atoms with E-state index in [1.807, 2.05) is 24.4 Å². The molecule has 2 unspecified atom stereocenters. The molecule has 0 spiro atoms. The highest BCUT2D eigenvalue weighted by Gasteiger charge is 2.24. The van der Waals surface area contributed by atoms with Crippen LogP contribution in [0.3, 0.4) is 0 Å². The highest BCUT2D eigenvalue weighted by atomic mass is 32.1. The summed E-state index contributed by atoms with van der Waals surface area (Å²) >= 11 is 1.66. The topological polar surface area (TPSA) is 70.1 Å². The van der Waals surface area contributed by atoms with E-state index in [1.54, 1.807) is 17.5 Å². The predicted molar refractivity (Wildman–Crippen MR) is 79.4 cm³/mol. The Morgan fingerprint density at radius 2 is 2.30 bits per heavy atom. The minimum atomic E-state index is -0.229. The van der Waals surface area contributed by atoms with Crippen LogP contribution < -0.4 is 10.6 Å². The minimum Gasteiger partial charge on any atom is -0.391 e. The number of β-amino-alcohol motifs (C(OH)–C–C–N with tert-alkyl or cyclic N) is 1. The maximum absolute atomic E-state index is 9.72. The molecule has 0 aliphatic carbocycles. The third kappa shape index (κ3) is 3.21. The van der Waals surface area contributed by atoms with Crippen LogP contribution in [0.15, 0.2) is 30.6 Å². The lowest BCUT2D eigenvalue weighted by atomic mass is 10.1. The van der Waals surface area contributed by atoms with E-state index in [0.29, 0.717) is 12.5 Å². The summed E-state index contributed by atoms with van der Waals surface area (Å²) < 4.78 is 0. The highest BCUT2D eigenvalue weighted by molar-refractivity contribution is 7.14. The fraction of sp³-hybridized carbons (Fsp3) is 0.429. The normalized spacial score (nSPS) is 22.2. The molecule has 3 rings (SSSR count). The fourth-order valence-corrected chi connectivity index (χ4v) is 3.16. The zero-order chi connectivity index (χ0) is 13.8. The van der Waals surface area contributed by atoms with E-state index in [0.717, 1.165) is 30.3 Å². The van der Waals surface area contributed by atoms with Gasteiger partial charge in [0.2, 0.25) is 0 Å². The van der Waals surface area contributed by atoms with E-state index in [9.17, 15) is 5.11 Å². The first-order valence-electron chi connectivity index (χ1n) is 6.78. The van der Waals surface area contributed by atoms with Crippen LogP contribution in [-0.4, -0.2) is 40.8 Å². The minimum absolute atomic E-state index is 0.229. The van der Waals surface area contributed by atoms with Crippen LogP contribution in [0.25, 0.3) is 10.7 Å². The molecular formula is C14H18N4OS. The summed E-state index contributed by atoms with van der Waals surface area (Å²) in [7, 11) is 0. The largest absolute Gasteiger partial charge is 0.391 e. The number of nitrogens with zero attached hydrogens (tertiary/aromatic N) is 2. The molecule has 2 atom stereocenters. The molecule has 1 fully saturated rings. The van der Waals surface area contributed by atoms with Gasteiger partial charge in [-0.05, 0) is 12.1 Å². The number of rotatable bonds is 5. The summed E-state index contributed by atoms with van der Waals surface area (Å²) in [5.41, 5.74) is 0.916. The summed E-state index contributed by atoms with van der Waals surface area (Å²) in [4.78, 5) is 9.89. The lowest BCUT2D eigenvalue weighted by Gasteiger charge is -2.13. The van der Waals surface area contributed by atoms with Crippen LogP contribution in [0.5, 0.6) is 0 Å². The second-order valence-electron chi connectivity index (χ2n) is 4.96. The molecule has 3 heterocycles. The third-order valence-corrected chi connectivity index (χ3v) is 4.47. The lowest BCUT2D eigenvalue weighted by molar-refractivity contribution is 0.146. The van der Waals surface area contributed by atoms with Crippen LogP contribution in [0.1, 0.15) is 4.88 Å². The van der Waals surface area contributed by atoms with Gasteiger partial charge in [0, 0.05) is 49.4 Å². The molecule has 1 aliphatic heterocycles. The van der Waals surface area contributed by atoms with Gasteiger partial charge in [-0.25, -0.2) is 4.98 Å². The summed E-state index contributed by atoms with van der Waals surface area (Å²) in [5, 5.41) is 17.2. The molecule has 0 radical (unpaired) electrons. The van der Waals surface area contributed by atoms with Crippen LogP contribution >= 0.6 is 11.3 Å². The first-order chi connectivity index (χ1) is 9.83. The van der Waals surface area contributed by atoms with E-state index >= 15 is 0 Å². The first kappa shape index (κ1) is 13.6. The second-order valence-corrected chi connectivity index (χ2v) is 6.08. The standard InChI is InChI=1S/C14H18N4OS/c19-13-9-16-6-10(13)5-15-7-11-8-18-14(20-11)12-3-1-2-4-17-12/h1-4,8,10,13,15-16,19H,5-7,9H2. The van der Waals surface area contributed by atoms with Crippen molar-refractivity contribution in [2.75, 3.05) is 19.6 Å². The second kappa shape index (κ2) is 6.41. The molecule has 5 nitrogen and oxygen atoms in total. The van der Waals surface area contributed by atoms with Crippen molar-refractivity contribution in [2.45, 2.75) is 12.6 Å². The maximum Gasteiger partial charge on any atom is 0.142 e. The van der Waals surface area contributed by atoms with Gasteiger partial charge in [-0.1, -0.05) is 6.07 Å². The predicted octanol–water partition coefficient (Wildman–Crippen LogP) is 0.875. The van der Waals surface area contributed by atoms with Gasteiger partial charge in [-0.2, -0.15) is 0 Å². The Hall–Kier alpha value is -1.34. The summed E-state index contributed by atoms with van der Waals surface area (Å²) in [6.45, 7) is 3.20. The van der Waals surface area contributed by atoms with E-state index in [4.69, 9.17) is 0 Å². The Balaban J connectivity index is 1.53. The summed E-state index contributed by atoms with van der Waals surface area (Å²) in [6.07, 6.45) is 3.45. The van der Waals surface area contributed by atoms with Gasteiger partial charge in [0.15, 0.2) is 0 Å². The van der Waals surface area contributed by atoms with E-state index < -0.39 is 0 Å². The van der Waals surface area contributed by atoms with Crippen molar-refractivity contribution in [1.29, 1.82) is 0 Å². The van der Waals surface area contributed by atoms with Gasteiger partial charge >= 0.3 is 0 Å². The van der Waals surface area contributed by atoms with Crippen molar-refractivity contribution in [2.24, 2.45) is 5.92 Å². The number of aliphatic hydroxyl groups excluding tert-OH is 1. The molecule has 0 amide bonds. The number of pyridine rings is 1. The quantitative estimate of drug-likeness (QED) is 0.762. The molecule has 20 heavy (non-hydrogen) atoms. The molecule has 2 aromatic heterocycles. The molecule has 2 aromatic rings. The van der Waals surface area contributed by atoms with Gasteiger partial charge < -0.3 is 15.7 Å². The smallest absolute Gasteiger partial charge is 0.142 e. The third-order valence-electron chi connectivity index (χ3n) is 3.45. The Labute approximate surface area is 122 Å². The van der Waals surface area contributed by atoms with Gasteiger partial charge in [0.1, 0.15) is 5.01 Å². The number of aromatic nitrogens is 2. The molecular weight excluding hydrogens is 272 g/mol. The zero-order valence-corrected chi connectivity index (χ0v) is 11.9. The van der Waals surface area contributed by atoms with Gasteiger partial charge in [-0.15, -0.1) is 11.3 Å². The number of thiazole rings is 1. The van der Waals surface area contributed by atoms with Crippen molar-refractivity contribution in [1.82, 2.24) is 20.6 Å². The molecule has 1 saturated heterocycles. The average molecular weight is 290 g/mol.